The zero-order chi connectivity index (χ0) is 20.9. The van der Waals surface area contributed by atoms with Crippen LogP contribution in [0.2, 0.25) is 0 Å². The van der Waals surface area contributed by atoms with Gasteiger partial charge in [0.05, 0.1) is 11.3 Å². The highest BCUT2D eigenvalue weighted by atomic mass is 16.1. The minimum atomic E-state index is -0.167. The number of H-pyrrole nitrogens is 1. The van der Waals surface area contributed by atoms with E-state index in [1.54, 1.807) is 12.4 Å². The lowest BCUT2D eigenvalue weighted by molar-refractivity contribution is 0.102. The van der Waals surface area contributed by atoms with Crippen LogP contribution in [0, 0.1) is 0 Å². The molecule has 30 heavy (non-hydrogen) atoms. The number of nitrogens with one attached hydrogen (secondary N) is 3. The Morgan fingerprint density at radius 1 is 1.03 bits per heavy atom. The second-order valence-electron chi connectivity index (χ2n) is 7.73. The molecule has 4 rings (SSSR count). The topological polar surface area (TPSA) is 69.8 Å². The molecule has 0 spiro atoms. The minimum absolute atomic E-state index is 0.167. The second-order valence-corrected chi connectivity index (χ2v) is 7.73. The van der Waals surface area contributed by atoms with Crippen LogP contribution in [0.3, 0.4) is 0 Å². The molecule has 3 N–H and O–H groups in total. The highest BCUT2D eigenvalue weighted by Crippen LogP contribution is 2.19. The number of amides is 1. The fourth-order valence-corrected chi connectivity index (χ4v) is 3.50. The van der Waals surface area contributed by atoms with E-state index in [1.807, 2.05) is 36.4 Å². The van der Waals surface area contributed by atoms with E-state index in [0.29, 0.717) is 11.5 Å². The lowest BCUT2D eigenvalue weighted by Crippen LogP contribution is -2.13. The molecule has 0 unspecified atom stereocenters. The van der Waals surface area contributed by atoms with Crippen molar-refractivity contribution in [3.05, 3.63) is 89.9 Å². The number of rotatable bonds is 7. The number of hydrogen-bond acceptors (Lipinski definition) is 3. The number of fused-ring (bicyclic) bond motifs is 1. The van der Waals surface area contributed by atoms with E-state index in [-0.39, 0.29) is 5.91 Å². The van der Waals surface area contributed by atoms with Crippen molar-refractivity contribution < 1.29 is 4.79 Å². The van der Waals surface area contributed by atoms with Crippen molar-refractivity contribution >= 4 is 28.2 Å². The van der Waals surface area contributed by atoms with Crippen LogP contribution in [0.25, 0.3) is 10.9 Å². The minimum Gasteiger partial charge on any atom is -0.383 e. The van der Waals surface area contributed by atoms with E-state index in [1.165, 1.54) is 16.5 Å². The number of carbonyl (C=O) groups is 1. The fraction of sp³-hybridized carbons (Fsp3) is 0.200. The van der Waals surface area contributed by atoms with Gasteiger partial charge in [-0.15, -0.1) is 0 Å². The van der Waals surface area contributed by atoms with E-state index < -0.39 is 0 Å². The normalized spacial score (nSPS) is 11.0. The number of para-hydroxylation sites is 1. The number of hydrogen-bond donors (Lipinski definition) is 3. The molecule has 2 aromatic heterocycles. The van der Waals surface area contributed by atoms with Crippen LogP contribution in [0.4, 0.5) is 11.4 Å². The number of nitrogens with zero attached hydrogens (tertiary/aromatic N) is 1. The van der Waals surface area contributed by atoms with Gasteiger partial charge in [-0.25, -0.2) is 0 Å². The van der Waals surface area contributed by atoms with Gasteiger partial charge < -0.3 is 15.6 Å². The van der Waals surface area contributed by atoms with Gasteiger partial charge in [0.1, 0.15) is 0 Å². The van der Waals surface area contributed by atoms with Crippen LogP contribution in [-0.2, 0) is 6.42 Å². The Labute approximate surface area is 176 Å². The third kappa shape index (κ3) is 4.51. The van der Waals surface area contributed by atoms with E-state index in [2.05, 4.69) is 58.8 Å². The van der Waals surface area contributed by atoms with Gasteiger partial charge in [-0.2, -0.15) is 0 Å². The van der Waals surface area contributed by atoms with Crippen LogP contribution in [-0.4, -0.2) is 22.4 Å². The third-order valence-electron chi connectivity index (χ3n) is 5.23. The summed E-state index contributed by atoms with van der Waals surface area (Å²) >= 11 is 0. The van der Waals surface area contributed by atoms with E-state index in [9.17, 15) is 4.79 Å². The summed E-state index contributed by atoms with van der Waals surface area (Å²) in [6.45, 7) is 5.05. The zero-order valence-electron chi connectivity index (χ0n) is 17.3. The zero-order valence-corrected chi connectivity index (χ0v) is 17.3. The summed E-state index contributed by atoms with van der Waals surface area (Å²) in [5.74, 6) is 0.297. The average molecular weight is 399 g/mol. The monoisotopic (exact) mass is 398 g/mol. The molecule has 5 nitrogen and oxygen atoms in total. The molecule has 0 aliphatic rings. The first kappa shape index (κ1) is 19.7. The van der Waals surface area contributed by atoms with Crippen molar-refractivity contribution in [3.8, 4) is 0 Å². The highest BCUT2D eigenvalue weighted by molar-refractivity contribution is 6.04. The molecule has 4 aromatic rings. The van der Waals surface area contributed by atoms with Gasteiger partial charge in [0.15, 0.2) is 0 Å². The summed E-state index contributed by atoms with van der Waals surface area (Å²) in [6.07, 6.45) is 6.26. The van der Waals surface area contributed by atoms with Crippen LogP contribution in [0.15, 0.2) is 73.2 Å². The van der Waals surface area contributed by atoms with Crippen molar-refractivity contribution in [1.29, 1.82) is 0 Å². The van der Waals surface area contributed by atoms with Gasteiger partial charge >= 0.3 is 0 Å². The first-order valence-corrected chi connectivity index (χ1v) is 10.3. The van der Waals surface area contributed by atoms with Gasteiger partial charge in [-0.1, -0.05) is 44.2 Å². The molecule has 0 bridgehead atoms. The predicted octanol–water partition coefficient (Wildman–Crippen LogP) is 5.59. The maximum absolute atomic E-state index is 12.6. The maximum Gasteiger partial charge on any atom is 0.257 e. The second kappa shape index (κ2) is 8.82. The molecule has 0 fully saturated rings. The largest absolute Gasteiger partial charge is 0.383 e. The Bertz CT molecular complexity index is 1150. The lowest BCUT2D eigenvalue weighted by atomic mass is 10.0. The number of pyridine rings is 1. The molecule has 5 heteroatoms. The molecule has 2 aromatic carbocycles. The Morgan fingerprint density at radius 2 is 1.83 bits per heavy atom. The number of aromatic amines is 1. The molecule has 0 radical (unpaired) electrons. The van der Waals surface area contributed by atoms with Crippen LogP contribution >= 0.6 is 0 Å². The molecule has 0 aliphatic heterocycles. The lowest BCUT2D eigenvalue weighted by Gasteiger charge is -2.10. The molecule has 1 amide bonds. The summed E-state index contributed by atoms with van der Waals surface area (Å²) in [4.78, 5) is 20.1. The van der Waals surface area contributed by atoms with Crippen LogP contribution < -0.4 is 10.6 Å². The molecule has 0 saturated heterocycles. The summed E-state index contributed by atoms with van der Waals surface area (Å²) in [6, 6.07) is 18.1. The summed E-state index contributed by atoms with van der Waals surface area (Å²) < 4.78 is 0. The van der Waals surface area contributed by atoms with Gasteiger partial charge in [0.25, 0.3) is 5.91 Å². The standard InChI is InChI=1S/C25H26N4O/c1-17(2)18-7-9-21(10-8-18)29-25(30)20-13-22(16-26-14-20)27-12-11-19-15-28-24-6-4-3-5-23(19)24/h3-10,13-17,27-28H,11-12H2,1-2H3,(H,29,30). The molecular formula is C25H26N4O. The van der Waals surface area contributed by atoms with Crippen molar-refractivity contribution in [2.75, 3.05) is 17.2 Å². The quantitative estimate of drug-likeness (QED) is 0.380. The first-order valence-electron chi connectivity index (χ1n) is 10.3. The number of anilines is 2. The Hall–Kier alpha value is -3.60. The molecule has 0 aliphatic carbocycles. The Kier molecular flexibility index (Phi) is 5.80. The van der Waals surface area contributed by atoms with Crippen molar-refractivity contribution in [2.45, 2.75) is 26.2 Å². The molecule has 2 heterocycles. The molecule has 152 valence electrons. The average Bonchev–Trinajstić information content (AvgIpc) is 3.17. The fourth-order valence-electron chi connectivity index (χ4n) is 3.50. The molecule has 0 saturated carbocycles. The molecular weight excluding hydrogens is 372 g/mol. The third-order valence-corrected chi connectivity index (χ3v) is 5.23. The summed E-state index contributed by atoms with van der Waals surface area (Å²) in [7, 11) is 0. The van der Waals surface area contributed by atoms with Gasteiger partial charge in [0.2, 0.25) is 0 Å². The van der Waals surface area contributed by atoms with Crippen LogP contribution in [0.5, 0.6) is 0 Å². The Morgan fingerprint density at radius 3 is 2.63 bits per heavy atom. The maximum atomic E-state index is 12.6. The van der Waals surface area contributed by atoms with Gasteiger partial charge in [0, 0.05) is 41.7 Å². The highest BCUT2D eigenvalue weighted by Gasteiger charge is 2.09. The van der Waals surface area contributed by atoms with Crippen molar-refractivity contribution in [2.24, 2.45) is 0 Å². The van der Waals surface area contributed by atoms with E-state index in [4.69, 9.17) is 0 Å². The SMILES string of the molecule is CC(C)c1ccc(NC(=O)c2cncc(NCCc3c[nH]c4ccccc34)c2)cc1. The predicted molar refractivity (Wildman–Crippen MR) is 123 cm³/mol. The van der Waals surface area contributed by atoms with Crippen molar-refractivity contribution in [1.82, 2.24) is 9.97 Å². The first-order chi connectivity index (χ1) is 14.6. The van der Waals surface area contributed by atoms with Gasteiger partial charge in [-0.05, 0) is 47.7 Å². The van der Waals surface area contributed by atoms with E-state index in [0.717, 1.165) is 29.9 Å². The Balaban J connectivity index is 1.36. The van der Waals surface area contributed by atoms with Gasteiger partial charge in [-0.3, -0.25) is 9.78 Å². The molecule has 0 atom stereocenters. The number of aromatic nitrogens is 2. The van der Waals surface area contributed by atoms with Crippen LogP contribution in [0.1, 0.15) is 41.3 Å². The summed E-state index contributed by atoms with van der Waals surface area (Å²) in [5, 5.41) is 7.55. The number of carbonyl (C=O) groups excluding carboxylic acids is 1. The summed E-state index contributed by atoms with van der Waals surface area (Å²) in [5.41, 5.74) is 5.80. The van der Waals surface area contributed by atoms with Crippen molar-refractivity contribution in [3.63, 3.8) is 0 Å². The van der Waals surface area contributed by atoms with E-state index >= 15 is 0 Å². The smallest absolute Gasteiger partial charge is 0.257 e. The number of benzene rings is 2.